The third-order valence-electron chi connectivity index (χ3n) is 6.96. The van der Waals surface area contributed by atoms with Gasteiger partial charge in [-0.3, -0.25) is 4.98 Å². The monoisotopic (exact) mass is 447 g/mol. The summed E-state index contributed by atoms with van der Waals surface area (Å²) in [6.07, 6.45) is 9.83. The Hall–Kier alpha value is -2.13. The normalized spacial score (nSPS) is 22.5. The SMILES string of the molecule is O=C(OC1CCCCC1)N1CC(S(=O)(=O)N2CCC(c3coc4cccnc34)CC2)C1. The molecule has 0 aromatic carbocycles. The molecular weight excluding hydrogens is 418 g/mol. The number of aromatic nitrogens is 1. The molecule has 0 radical (unpaired) electrons. The minimum absolute atomic E-state index is 0.00979. The van der Waals surface area contributed by atoms with Gasteiger partial charge in [-0.05, 0) is 56.6 Å². The van der Waals surface area contributed by atoms with E-state index in [0.29, 0.717) is 13.1 Å². The van der Waals surface area contributed by atoms with E-state index in [0.717, 1.165) is 55.2 Å². The largest absolute Gasteiger partial charge is 0.462 e. The predicted octanol–water partition coefficient (Wildman–Crippen LogP) is 3.49. The third kappa shape index (κ3) is 4.05. The van der Waals surface area contributed by atoms with E-state index in [2.05, 4.69) is 4.98 Å². The smallest absolute Gasteiger partial charge is 0.410 e. The van der Waals surface area contributed by atoms with Crippen molar-refractivity contribution >= 4 is 27.2 Å². The molecule has 2 saturated heterocycles. The number of pyridine rings is 1. The van der Waals surface area contributed by atoms with Gasteiger partial charge in [-0.15, -0.1) is 0 Å². The molecule has 0 atom stereocenters. The first-order chi connectivity index (χ1) is 15.0. The van der Waals surface area contributed by atoms with Gasteiger partial charge in [-0.25, -0.2) is 17.5 Å². The summed E-state index contributed by atoms with van der Waals surface area (Å²) in [5.41, 5.74) is 2.70. The first-order valence-electron chi connectivity index (χ1n) is 11.3. The molecule has 168 valence electrons. The Labute approximate surface area is 182 Å². The zero-order valence-electron chi connectivity index (χ0n) is 17.6. The molecule has 1 saturated carbocycles. The van der Waals surface area contributed by atoms with Crippen molar-refractivity contribution in [3.05, 3.63) is 30.2 Å². The first-order valence-corrected chi connectivity index (χ1v) is 12.8. The lowest BCUT2D eigenvalue weighted by molar-refractivity contribution is 0.0328. The summed E-state index contributed by atoms with van der Waals surface area (Å²) in [6.45, 7) is 1.42. The Morgan fingerprint density at radius 2 is 1.84 bits per heavy atom. The molecule has 2 aromatic rings. The Morgan fingerprint density at radius 1 is 1.10 bits per heavy atom. The highest BCUT2D eigenvalue weighted by atomic mass is 32.2. The molecule has 31 heavy (non-hydrogen) atoms. The second-order valence-corrected chi connectivity index (χ2v) is 11.1. The van der Waals surface area contributed by atoms with Crippen molar-refractivity contribution in [1.29, 1.82) is 0 Å². The summed E-state index contributed by atoms with van der Waals surface area (Å²) in [5.74, 6) is 0.242. The van der Waals surface area contributed by atoms with Crippen molar-refractivity contribution in [1.82, 2.24) is 14.2 Å². The molecule has 4 heterocycles. The van der Waals surface area contributed by atoms with Gasteiger partial charge in [0.2, 0.25) is 10.0 Å². The van der Waals surface area contributed by atoms with Crippen molar-refractivity contribution in [3.63, 3.8) is 0 Å². The van der Waals surface area contributed by atoms with Crippen LogP contribution in [0.15, 0.2) is 29.0 Å². The van der Waals surface area contributed by atoms with Gasteiger partial charge in [0.15, 0.2) is 5.58 Å². The minimum atomic E-state index is -3.41. The van der Waals surface area contributed by atoms with Gasteiger partial charge in [0, 0.05) is 37.9 Å². The highest BCUT2D eigenvalue weighted by Gasteiger charge is 2.44. The number of ether oxygens (including phenoxy) is 1. The first kappa shape index (κ1) is 20.8. The van der Waals surface area contributed by atoms with Crippen molar-refractivity contribution in [2.75, 3.05) is 26.2 Å². The van der Waals surface area contributed by atoms with E-state index in [1.807, 2.05) is 12.1 Å². The van der Waals surface area contributed by atoms with Gasteiger partial charge in [-0.2, -0.15) is 0 Å². The van der Waals surface area contributed by atoms with Gasteiger partial charge in [-0.1, -0.05) is 6.42 Å². The van der Waals surface area contributed by atoms with Gasteiger partial charge in [0.1, 0.15) is 16.9 Å². The van der Waals surface area contributed by atoms with E-state index in [-0.39, 0.29) is 31.2 Å². The molecule has 0 unspecified atom stereocenters. The van der Waals surface area contributed by atoms with Gasteiger partial charge in [0.05, 0.1) is 6.26 Å². The van der Waals surface area contributed by atoms with Crippen LogP contribution in [0.4, 0.5) is 4.79 Å². The average molecular weight is 448 g/mol. The fourth-order valence-electron chi connectivity index (χ4n) is 4.98. The molecule has 0 N–H and O–H groups in total. The molecule has 1 aliphatic carbocycles. The van der Waals surface area contributed by atoms with Crippen molar-refractivity contribution < 1.29 is 22.4 Å². The molecule has 3 aliphatic rings. The van der Waals surface area contributed by atoms with E-state index in [4.69, 9.17) is 9.15 Å². The summed E-state index contributed by atoms with van der Waals surface area (Å²) < 4.78 is 38.8. The molecule has 2 aromatic heterocycles. The second kappa shape index (κ2) is 8.43. The van der Waals surface area contributed by atoms with Crippen molar-refractivity contribution in [2.45, 2.75) is 62.2 Å². The zero-order valence-corrected chi connectivity index (χ0v) is 18.4. The minimum Gasteiger partial charge on any atom is -0.462 e. The summed E-state index contributed by atoms with van der Waals surface area (Å²) in [4.78, 5) is 18.3. The van der Waals surface area contributed by atoms with Crippen molar-refractivity contribution in [3.8, 4) is 0 Å². The van der Waals surface area contributed by atoms with Crippen LogP contribution in [0.3, 0.4) is 0 Å². The van der Waals surface area contributed by atoms with Gasteiger partial charge < -0.3 is 14.1 Å². The Bertz CT molecular complexity index is 1030. The zero-order chi connectivity index (χ0) is 21.4. The third-order valence-corrected chi connectivity index (χ3v) is 9.18. The van der Waals surface area contributed by atoms with Crippen LogP contribution in [-0.2, 0) is 14.8 Å². The maximum atomic E-state index is 13.0. The van der Waals surface area contributed by atoms with Crippen LogP contribution in [0, 0.1) is 0 Å². The molecule has 2 aliphatic heterocycles. The molecule has 0 spiro atoms. The van der Waals surface area contributed by atoms with E-state index >= 15 is 0 Å². The average Bonchev–Trinajstić information content (AvgIpc) is 3.17. The second-order valence-electron chi connectivity index (χ2n) is 8.93. The fraction of sp³-hybridized carbons (Fsp3) is 0.636. The van der Waals surface area contributed by atoms with E-state index in [9.17, 15) is 13.2 Å². The summed E-state index contributed by atoms with van der Waals surface area (Å²) in [6, 6.07) is 3.74. The Balaban J connectivity index is 1.14. The van der Waals surface area contributed by atoms with Crippen LogP contribution >= 0.6 is 0 Å². The van der Waals surface area contributed by atoms with E-state index < -0.39 is 15.3 Å². The van der Waals surface area contributed by atoms with Crippen LogP contribution < -0.4 is 0 Å². The number of hydrogen-bond acceptors (Lipinski definition) is 6. The lowest BCUT2D eigenvalue weighted by atomic mass is 9.91. The number of hydrogen-bond donors (Lipinski definition) is 0. The molecule has 1 amide bonds. The maximum absolute atomic E-state index is 13.0. The number of carbonyl (C=O) groups is 1. The quantitative estimate of drug-likeness (QED) is 0.712. The Morgan fingerprint density at radius 3 is 2.58 bits per heavy atom. The highest BCUT2D eigenvalue weighted by molar-refractivity contribution is 7.89. The summed E-state index contributed by atoms with van der Waals surface area (Å²) in [5, 5.41) is -0.528. The number of fused-ring (bicyclic) bond motifs is 1. The molecule has 8 nitrogen and oxygen atoms in total. The number of rotatable bonds is 4. The van der Waals surface area contributed by atoms with Crippen LogP contribution in [-0.4, -0.2) is 66.2 Å². The number of likely N-dealkylation sites (tertiary alicyclic amines) is 1. The number of piperidine rings is 1. The lowest BCUT2D eigenvalue weighted by Gasteiger charge is -2.42. The number of carbonyl (C=O) groups excluding carboxylic acids is 1. The number of furan rings is 1. The number of sulfonamides is 1. The fourth-order valence-corrected chi connectivity index (χ4v) is 6.86. The number of amides is 1. The van der Waals surface area contributed by atoms with Gasteiger partial charge >= 0.3 is 6.09 Å². The number of nitrogens with zero attached hydrogens (tertiary/aromatic N) is 3. The lowest BCUT2D eigenvalue weighted by Crippen LogP contribution is -2.60. The topological polar surface area (TPSA) is 93.0 Å². The molecule has 0 bridgehead atoms. The Kier molecular flexibility index (Phi) is 5.64. The maximum Gasteiger partial charge on any atom is 0.410 e. The standard InChI is InChI=1S/C22H29N3O5S/c26-22(30-17-5-2-1-3-6-17)24-13-18(14-24)31(27,28)25-11-8-16(9-12-25)19-15-29-20-7-4-10-23-21(19)20/h4,7,10,15-18H,1-3,5-6,8-9,11-14H2. The molecule has 5 rings (SSSR count). The van der Waals surface area contributed by atoms with Crippen LogP contribution in [0.2, 0.25) is 0 Å². The molecule has 9 heteroatoms. The van der Waals surface area contributed by atoms with Crippen molar-refractivity contribution in [2.24, 2.45) is 0 Å². The highest BCUT2D eigenvalue weighted by Crippen LogP contribution is 2.35. The van der Waals surface area contributed by atoms with E-state index in [1.165, 1.54) is 11.3 Å². The van der Waals surface area contributed by atoms with Crippen LogP contribution in [0.1, 0.15) is 56.4 Å². The summed E-state index contributed by atoms with van der Waals surface area (Å²) in [7, 11) is -3.41. The van der Waals surface area contributed by atoms with E-state index in [1.54, 1.807) is 16.8 Å². The predicted molar refractivity (Wildman–Crippen MR) is 115 cm³/mol. The molecule has 3 fully saturated rings. The van der Waals surface area contributed by atoms with Crippen LogP contribution in [0.5, 0.6) is 0 Å². The van der Waals surface area contributed by atoms with Gasteiger partial charge in [0.25, 0.3) is 0 Å². The van der Waals surface area contributed by atoms with Crippen LogP contribution in [0.25, 0.3) is 11.1 Å². The molecular formula is C22H29N3O5S. The summed E-state index contributed by atoms with van der Waals surface area (Å²) >= 11 is 0.